The minimum Gasteiger partial charge on any atom is -0.469 e. The van der Waals surface area contributed by atoms with Gasteiger partial charge in [0.15, 0.2) is 0 Å². The highest BCUT2D eigenvalue weighted by Gasteiger charge is 2.76. The number of carbonyl (C=O) groups is 2. The second kappa shape index (κ2) is 7.71. The van der Waals surface area contributed by atoms with Gasteiger partial charge in [-0.1, -0.05) is 20.8 Å². The molecule has 5 nitrogen and oxygen atoms in total. The molecule has 0 radical (unpaired) electrons. The molecule has 5 fully saturated rings. The Morgan fingerprint density at radius 3 is 2.59 bits per heavy atom. The lowest BCUT2D eigenvalue weighted by molar-refractivity contribution is -0.157. The molecule has 4 aliphatic carbocycles. The summed E-state index contributed by atoms with van der Waals surface area (Å²) >= 11 is 0. The highest BCUT2D eigenvalue weighted by Crippen LogP contribution is 2.74. The summed E-state index contributed by atoms with van der Waals surface area (Å²) in [6.45, 7) is 8.96. The van der Waals surface area contributed by atoms with Crippen molar-refractivity contribution in [3.05, 3.63) is 0 Å². The van der Waals surface area contributed by atoms with E-state index in [0.717, 1.165) is 43.4 Å². The summed E-state index contributed by atoms with van der Waals surface area (Å²) < 4.78 is 17.1. The van der Waals surface area contributed by atoms with Gasteiger partial charge in [-0.15, -0.1) is 0 Å². The molecule has 4 saturated carbocycles. The molecule has 1 saturated heterocycles. The van der Waals surface area contributed by atoms with E-state index >= 15 is 0 Å². The number of esters is 2. The number of ether oxygens (including phenoxy) is 3. The molecular formula is C27H42O5. The molecule has 5 rings (SSSR count). The van der Waals surface area contributed by atoms with Gasteiger partial charge in [0.05, 0.1) is 13.2 Å². The van der Waals surface area contributed by atoms with Crippen LogP contribution in [0.15, 0.2) is 0 Å². The van der Waals surface area contributed by atoms with Crippen LogP contribution < -0.4 is 0 Å². The minimum atomic E-state index is -0.160. The number of rotatable bonds is 5. The van der Waals surface area contributed by atoms with Gasteiger partial charge in [-0.2, -0.15) is 0 Å². The number of hydrogen-bond acceptors (Lipinski definition) is 5. The van der Waals surface area contributed by atoms with Gasteiger partial charge in [0.1, 0.15) is 11.7 Å². The zero-order valence-corrected chi connectivity index (χ0v) is 20.7. The lowest BCUT2D eigenvalue weighted by atomic mass is 9.44. The summed E-state index contributed by atoms with van der Waals surface area (Å²) in [4.78, 5) is 23.3. The molecule has 1 spiro atoms. The van der Waals surface area contributed by atoms with Crippen LogP contribution in [0.3, 0.4) is 0 Å². The third-order valence-electron chi connectivity index (χ3n) is 11.2. The number of fused-ring (bicyclic) bond motifs is 4. The standard InChI is InChI=1S/C27H42O5/c1-16(6-9-24(29)30-5)20-7-8-21-19-14-23-27(32-23)15-18(31-17(2)28)10-13-26(27,4)22(19)11-12-25(20,21)3/h16,18-23H,6-15H2,1-5H3/t16-,18+,19+,20-,21+,22+,23-,25-,26-,27+/m1/s1. The van der Waals surface area contributed by atoms with Crippen molar-refractivity contribution in [2.45, 2.75) is 110 Å². The molecule has 0 aromatic rings. The lowest BCUT2D eigenvalue weighted by Gasteiger charge is -2.59. The van der Waals surface area contributed by atoms with Crippen LogP contribution in [-0.4, -0.2) is 36.9 Å². The number of hydrogen-bond donors (Lipinski definition) is 0. The van der Waals surface area contributed by atoms with E-state index in [9.17, 15) is 9.59 Å². The van der Waals surface area contributed by atoms with Gasteiger partial charge in [0, 0.05) is 25.2 Å². The number of epoxide rings is 1. The van der Waals surface area contributed by atoms with Crippen molar-refractivity contribution < 1.29 is 23.8 Å². The molecule has 5 heteroatoms. The first-order valence-corrected chi connectivity index (χ1v) is 13.1. The predicted octanol–water partition coefficient (Wildman–Crippen LogP) is 5.30. The summed E-state index contributed by atoms with van der Waals surface area (Å²) in [5.41, 5.74) is 0.552. The third-order valence-corrected chi connectivity index (χ3v) is 11.2. The largest absolute Gasteiger partial charge is 0.469 e. The Bertz CT molecular complexity index is 780. The average molecular weight is 447 g/mol. The van der Waals surface area contributed by atoms with Gasteiger partial charge < -0.3 is 14.2 Å². The van der Waals surface area contributed by atoms with Gasteiger partial charge in [-0.25, -0.2) is 0 Å². The van der Waals surface area contributed by atoms with E-state index in [4.69, 9.17) is 14.2 Å². The fraction of sp³-hybridized carbons (Fsp3) is 0.926. The van der Waals surface area contributed by atoms with Gasteiger partial charge in [0.25, 0.3) is 0 Å². The van der Waals surface area contributed by atoms with Gasteiger partial charge in [0.2, 0.25) is 0 Å². The van der Waals surface area contributed by atoms with Crippen LogP contribution >= 0.6 is 0 Å². The zero-order valence-electron chi connectivity index (χ0n) is 20.7. The molecule has 180 valence electrons. The van der Waals surface area contributed by atoms with Crippen LogP contribution in [-0.2, 0) is 23.8 Å². The number of methoxy groups -OCH3 is 1. The molecule has 32 heavy (non-hydrogen) atoms. The van der Waals surface area contributed by atoms with E-state index in [2.05, 4.69) is 20.8 Å². The molecule has 0 bridgehead atoms. The first kappa shape index (κ1) is 22.7. The minimum absolute atomic E-state index is 0.0301. The fourth-order valence-corrected chi connectivity index (χ4v) is 9.60. The van der Waals surface area contributed by atoms with Gasteiger partial charge >= 0.3 is 11.9 Å². The first-order chi connectivity index (χ1) is 15.1. The number of carbonyl (C=O) groups excluding carboxylic acids is 2. The van der Waals surface area contributed by atoms with E-state index in [-0.39, 0.29) is 29.1 Å². The topological polar surface area (TPSA) is 65.1 Å². The lowest BCUT2D eigenvalue weighted by Crippen LogP contribution is -2.59. The van der Waals surface area contributed by atoms with Crippen LogP contribution in [0.25, 0.3) is 0 Å². The Labute approximate surface area is 193 Å². The van der Waals surface area contributed by atoms with Crippen LogP contribution in [0.5, 0.6) is 0 Å². The fourth-order valence-electron chi connectivity index (χ4n) is 9.60. The maximum absolute atomic E-state index is 11.7. The van der Waals surface area contributed by atoms with Crippen molar-refractivity contribution in [3.63, 3.8) is 0 Å². The van der Waals surface area contributed by atoms with Crippen LogP contribution in [0.2, 0.25) is 0 Å². The molecule has 0 amide bonds. The second-order valence-electron chi connectivity index (χ2n) is 12.3. The monoisotopic (exact) mass is 446 g/mol. The van der Waals surface area contributed by atoms with Crippen molar-refractivity contribution in [1.82, 2.24) is 0 Å². The molecule has 0 aromatic heterocycles. The predicted molar refractivity (Wildman–Crippen MR) is 121 cm³/mol. The average Bonchev–Trinajstić information content (AvgIpc) is 3.32. The first-order valence-electron chi connectivity index (χ1n) is 13.1. The SMILES string of the molecule is COC(=O)CC[C@@H](C)[C@H]1CC[C@H]2[C@@H]3C[C@H]4O[C@@]45C[C@@H](OC(C)=O)CC[C@]5(C)[C@H]3CC[C@]12C. The third kappa shape index (κ3) is 3.20. The summed E-state index contributed by atoms with van der Waals surface area (Å²) in [5.74, 6) is 3.29. The van der Waals surface area contributed by atoms with Crippen molar-refractivity contribution in [3.8, 4) is 0 Å². The van der Waals surface area contributed by atoms with Gasteiger partial charge in [-0.3, -0.25) is 9.59 Å². The second-order valence-corrected chi connectivity index (χ2v) is 12.3. The van der Waals surface area contributed by atoms with Gasteiger partial charge in [-0.05, 0) is 86.4 Å². The highest BCUT2D eigenvalue weighted by atomic mass is 16.6. The van der Waals surface area contributed by atoms with Crippen molar-refractivity contribution in [1.29, 1.82) is 0 Å². The van der Waals surface area contributed by atoms with Crippen molar-refractivity contribution >= 4 is 11.9 Å². The molecule has 0 unspecified atom stereocenters. The summed E-state index contributed by atoms with van der Waals surface area (Å²) in [6, 6.07) is 0. The Hall–Kier alpha value is -1.10. The maximum Gasteiger partial charge on any atom is 0.305 e. The Morgan fingerprint density at radius 2 is 1.88 bits per heavy atom. The molecule has 1 aliphatic heterocycles. The molecule has 10 atom stereocenters. The maximum atomic E-state index is 11.7. The molecular weight excluding hydrogens is 404 g/mol. The van der Waals surface area contributed by atoms with Crippen LogP contribution in [0.1, 0.15) is 91.9 Å². The van der Waals surface area contributed by atoms with E-state index in [1.807, 2.05) is 0 Å². The Kier molecular flexibility index (Phi) is 5.47. The highest BCUT2D eigenvalue weighted by molar-refractivity contribution is 5.69. The zero-order chi connectivity index (χ0) is 22.9. The van der Waals surface area contributed by atoms with Crippen molar-refractivity contribution in [2.24, 2.45) is 40.4 Å². The van der Waals surface area contributed by atoms with E-state index < -0.39 is 0 Å². The summed E-state index contributed by atoms with van der Waals surface area (Å²) in [6.07, 6.45) is 11.3. The summed E-state index contributed by atoms with van der Waals surface area (Å²) in [7, 11) is 1.49. The Balaban J connectivity index is 1.32. The smallest absolute Gasteiger partial charge is 0.305 e. The van der Waals surface area contributed by atoms with E-state index in [0.29, 0.717) is 29.8 Å². The van der Waals surface area contributed by atoms with Crippen LogP contribution in [0, 0.1) is 40.4 Å². The Morgan fingerprint density at radius 1 is 1.09 bits per heavy atom. The molecule has 0 aromatic carbocycles. The van der Waals surface area contributed by atoms with Crippen molar-refractivity contribution in [2.75, 3.05) is 7.11 Å². The van der Waals surface area contributed by atoms with Crippen LogP contribution in [0.4, 0.5) is 0 Å². The molecule has 1 heterocycles. The summed E-state index contributed by atoms with van der Waals surface area (Å²) in [5, 5.41) is 0. The quantitative estimate of drug-likeness (QED) is 0.424. The van der Waals surface area contributed by atoms with E-state index in [1.54, 1.807) is 0 Å². The molecule has 5 aliphatic rings. The molecule has 0 N–H and O–H groups in total. The normalized spacial score (nSPS) is 49.7. The van der Waals surface area contributed by atoms with E-state index in [1.165, 1.54) is 46.1 Å².